The van der Waals surface area contributed by atoms with Crippen LogP contribution in [-0.2, 0) is 6.42 Å². The maximum atomic E-state index is 11.2. The Morgan fingerprint density at radius 2 is 1.92 bits per heavy atom. The third-order valence-corrected chi connectivity index (χ3v) is 4.07. The fraction of sp³-hybridized carbons (Fsp3) is 0.176. The first-order valence-electron chi connectivity index (χ1n) is 7.80. The van der Waals surface area contributed by atoms with Crippen LogP contribution in [0.3, 0.4) is 0 Å². The van der Waals surface area contributed by atoms with Crippen molar-refractivity contribution in [1.82, 2.24) is 4.98 Å². The summed E-state index contributed by atoms with van der Waals surface area (Å²) in [5.74, 6) is 0.748. The number of non-ortho nitro benzene ring substituents is 1. The highest BCUT2D eigenvalue weighted by atomic mass is 16.6. The van der Waals surface area contributed by atoms with Gasteiger partial charge in [-0.2, -0.15) is 0 Å². The zero-order valence-corrected chi connectivity index (χ0v) is 13.9. The lowest BCUT2D eigenvalue weighted by Gasteiger charge is -2.07. The molecular weight excluding hydrogens is 340 g/mol. The molecule has 1 heterocycles. The number of hydrogen-bond acceptors (Lipinski definition) is 6. The lowest BCUT2D eigenvalue weighted by atomic mass is 10.1. The van der Waals surface area contributed by atoms with E-state index >= 15 is 0 Å². The normalized spacial score (nSPS) is 10.7. The molecule has 0 unspecified atom stereocenters. The Morgan fingerprint density at radius 1 is 1.12 bits per heavy atom. The van der Waals surface area contributed by atoms with Gasteiger partial charge in [0.1, 0.15) is 11.4 Å². The number of aromatic amines is 1. The lowest BCUT2D eigenvalue weighted by molar-refractivity contribution is -0.393. The smallest absolute Gasteiger partial charge is 0.299 e. The highest BCUT2D eigenvalue weighted by Crippen LogP contribution is 2.29. The van der Waals surface area contributed by atoms with Crippen molar-refractivity contribution in [3.05, 3.63) is 68.4 Å². The van der Waals surface area contributed by atoms with Gasteiger partial charge in [-0.05, 0) is 36.2 Å². The summed E-state index contributed by atoms with van der Waals surface area (Å²) < 4.78 is 5.23. The Morgan fingerprint density at radius 3 is 2.62 bits per heavy atom. The molecule has 134 valence electrons. The average molecular weight is 356 g/mol. The Balaban J connectivity index is 1.76. The number of rotatable bonds is 7. The number of anilines is 1. The average Bonchev–Trinajstić information content (AvgIpc) is 3.03. The number of methoxy groups -OCH3 is 1. The standard InChI is InChI=1S/C17H16N4O5/c1-26-13-3-5-15-14(9-13)11(10-19-15)6-7-18-16-4-2-12(20(22)23)8-17(16)21(24)25/h2-5,8-10,18-19H,6-7H2,1H3. The molecule has 2 N–H and O–H groups in total. The first-order chi connectivity index (χ1) is 12.5. The highest BCUT2D eigenvalue weighted by Gasteiger charge is 2.19. The molecule has 0 aliphatic heterocycles. The van der Waals surface area contributed by atoms with Crippen molar-refractivity contribution in [2.24, 2.45) is 0 Å². The van der Waals surface area contributed by atoms with Gasteiger partial charge in [-0.3, -0.25) is 20.2 Å². The fourth-order valence-electron chi connectivity index (χ4n) is 2.76. The topological polar surface area (TPSA) is 123 Å². The largest absolute Gasteiger partial charge is 0.497 e. The molecule has 1 aromatic heterocycles. The number of nitro groups is 2. The third kappa shape index (κ3) is 3.41. The molecule has 2 aromatic carbocycles. The van der Waals surface area contributed by atoms with Crippen molar-refractivity contribution in [2.45, 2.75) is 6.42 Å². The second-order valence-electron chi connectivity index (χ2n) is 5.62. The Labute approximate surface area is 147 Å². The van der Waals surface area contributed by atoms with Crippen LogP contribution in [0.25, 0.3) is 10.9 Å². The number of hydrogen-bond donors (Lipinski definition) is 2. The van der Waals surface area contributed by atoms with E-state index in [-0.39, 0.29) is 17.1 Å². The first-order valence-corrected chi connectivity index (χ1v) is 7.80. The number of H-pyrrole nitrogens is 1. The SMILES string of the molecule is COc1ccc2[nH]cc(CCNc3ccc([N+](=O)[O-])cc3[N+](=O)[O-])c2c1. The minimum Gasteiger partial charge on any atom is -0.497 e. The third-order valence-electron chi connectivity index (χ3n) is 4.07. The van der Waals surface area contributed by atoms with Crippen molar-refractivity contribution < 1.29 is 14.6 Å². The van der Waals surface area contributed by atoms with E-state index in [2.05, 4.69) is 10.3 Å². The van der Waals surface area contributed by atoms with E-state index in [4.69, 9.17) is 4.74 Å². The van der Waals surface area contributed by atoms with Gasteiger partial charge in [-0.25, -0.2) is 0 Å². The molecule has 0 spiro atoms. The quantitative estimate of drug-likeness (QED) is 0.492. The molecule has 0 aliphatic carbocycles. The molecule has 0 atom stereocenters. The summed E-state index contributed by atoms with van der Waals surface area (Å²) in [6.45, 7) is 0.433. The molecule has 3 aromatic rings. The van der Waals surface area contributed by atoms with Crippen LogP contribution in [-0.4, -0.2) is 28.5 Å². The van der Waals surface area contributed by atoms with E-state index in [1.165, 1.54) is 12.1 Å². The predicted octanol–water partition coefficient (Wildman–Crippen LogP) is 3.65. The van der Waals surface area contributed by atoms with Crippen LogP contribution in [0.15, 0.2) is 42.6 Å². The number of benzene rings is 2. The van der Waals surface area contributed by atoms with Crippen LogP contribution < -0.4 is 10.1 Å². The maximum absolute atomic E-state index is 11.2. The predicted molar refractivity (Wildman–Crippen MR) is 96.8 cm³/mol. The highest BCUT2D eigenvalue weighted by molar-refractivity contribution is 5.84. The molecule has 0 saturated carbocycles. The van der Waals surface area contributed by atoms with Gasteiger partial charge >= 0.3 is 0 Å². The maximum Gasteiger partial charge on any atom is 0.299 e. The monoisotopic (exact) mass is 356 g/mol. The number of fused-ring (bicyclic) bond motifs is 1. The van der Waals surface area contributed by atoms with Gasteiger partial charge in [0.15, 0.2) is 0 Å². The van der Waals surface area contributed by atoms with Gasteiger partial charge in [0.2, 0.25) is 0 Å². The van der Waals surface area contributed by atoms with Gasteiger partial charge in [0, 0.05) is 29.7 Å². The Bertz CT molecular complexity index is 982. The van der Waals surface area contributed by atoms with Crippen LogP contribution in [0.2, 0.25) is 0 Å². The fourth-order valence-corrected chi connectivity index (χ4v) is 2.76. The molecule has 0 bridgehead atoms. The zero-order chi connectivity index (χ0) is 18.7. The molecule has 0 aliphatic rings. The van der Waals surface area contributed by atoms with E-state index in [9.17, 15) is 20.2 Å². The van der Waals surface area contributed by atoms with Crippen molar-refractivity contribution in [3.8, 4) is 5.75 Å². The van der Waals surface area contributed by atoms with E-state index in [0.29, 0.717) is 13.0 Å². The van der Waals surface area contributed by atoms with Crippen molar-refractivity contribution in [3.63, 3.8) is 0 Å². The second kappa shape index (κ2) is 7.09. The molecule has 3 rings (SSSR count). The number of nitro benzene ring substituents is 2. The zero-order valence-electron chi connectivity index (χ0n) is 13.9. The summed E-state index contributed by atoms with van der Waals surface area (Å²) in [4.78, 5) is 23.8. The van der Waals surface area contributed by atoms with Crippen LogP contribution in [0.4, 0.5) is 17.1 Å². The Kier molecular flexibility index (Phi) is 4.70. The molecule has 0 fully saturated rings. The van der Waals surface area contributed by atoms with E-state index in [0.717, 1.165) is 28.3 Å². The number of ether oxygens (including phenoxy) is 1. The number of nitrogens with one attached hydrogen (secondary N) is 2. The molecule has 0 amide bonds. The molecule has 9 nitrogen and oxygen atoms in total. The summed E-state index contributed by atoms with van der Waals surface area (Å²) in [6, 6.07) is 9.27. The molecular formula is C17H16N4O5. The summed E-state index contributed by atoms with van der Waals surface area (Å²) in [7, 11) is 1.60. The summed E-state index contributed by atoms with van der Waals surface area (Å²) in [5.41, 5.74) is 1.63. The van der Waals surface area contributed by atoms with Crippen LogP contribution >= 0.6 is 0 Å². The summed E-state index contributed by atoms with van der Waals surface area (Å²) in [6.07, 6.45) is 2.50. The molecule has 26 heavy (non-hydrogen) atoms. The first kappa shape index (κ1) is 17.2. The van der Waals surface area contributed by atoms with Crippen LogP contribution in [0.1, 0.15) is 5.56 Å². The summed E-state index contributed by atoms with van der Waals surface area (Å²) in [5, 5.41) is 25.9. The van der Waals surface area contributed by atoms with Crippen molar-refractivity contribution >= 4 is 28.0 Å². The Hall–Kier alpha value is -3.62. The summed E-state index contributed by atoms with van der Waals surface area (Å²) >= 11 is 0. The minimum atomic E-state index is -0.657. The lowest BCUT2D eigenvalue weighted by Crippen LogP contribution is -2.07. The molecule has 0 radical (unpaired) electrons. The second-order valence-corrected chi connectivity index (χ2v) is 5.62. The molecule has 9 heteroatoms. The van der Waals surface area contributed by atoms with E-state index in [1.807, 2.05) is 24.4 Å². The van der Waals surface area contributed by atoms with Gasteiger partial charge in [-0.1, -0.05) is 0 Å². The van der Waals surface area contributed by atoms with E-state index < -0.39 is 9.85 Å². The van der Waals surface area contributed by atoms with E-state index in [1.54, 1.807) is 7.11 Å². The van der Waals surface area contributed by atoms with Crippen LogP contribution in [0.5, 0.6) is 5.75 Å². The number of nitrogens with zero attached hydrogens (tertiary/aromatic N) is 2. The van der Waals surface area contributed by atoms with Gasteiger partial charge in [-0.15, -0.1) is 0 Å². The molecule has 0 saturated heterocycles. The number of aromatic nitrogens is 1. The van der Waals surface area contributed by atoms with Gasteiger partial charge in [0.25, 0.3) is 11.4 Å². The van der Waals surface area contributed by atoms with Crippen LogP contribution in [0, 0.1) is 20.2 Å². The van der Waals surface area contributed by atoms with Crippen molar-refractivity contribution in [1.29, 1.82) is 0 Å². The van der Waals surface area contributed by atoms with Gasteiger partial charge < -0.3 is 15.0 Å². The van der Waals surface area contributed by atoms with Gasteiger partial charge in [0.05, 0.1) is 23.0 Å². The minimum absolute atomic E-state index is 0.248. The van der Waals surface area contributed by atoms with Crippen molar-refractivity contribution in [2.75, 3.05) is 19.0 Å².